The number of nitro groups is 1. The van der Waals surface area contributed by atoms with Crippen LogP contribution in [0.5, 0.6) is 5.75 Å². The van der Waals surface area contributed by atoms with Crippen molar-refractivity contribution in [1.82, 2.24) is 10.2 Å². The molecule has 6 aromatic carbocycles. The Hall–Kier alpha value is -9.22. The van der Waals surface area contributed by atoms with Crippen molar-refractivity contribution >= 4 is 47.2 Å². The number of aliphatic hydroxyl groups excluding tert-OH is 2. The number of amides is 3. The normalized spacial score (nSPS) is 20.6. The molecule has 2 saturated heterocycles. The highest BCUT2D eigenvalue weighted by molar-refractivity contribution is 6.23. The molecule has 3 N–H and O–H groups in total. The van der Waals surface area contributed by atoms with Crippen LogP contribution in [-0.2, 0) is 54.9 Å². The summed E-state index contributed by atoms with van der Waals surface area (Å²) in [5, 5.41) is 35.5. The zero-order chi connectivity index (χ0) is 55.1. The predicted octanol–water partition coefficient (Wildman–Crippen LogP) is 6.52. The Morgan fingerprint density at radius 2 is 1.42 bits per heavy atom. The predicted molar refractivity (Wildman–Crippen MR) is 278 cm³/mol. The third-order valence-corrected chi connectivity index (χ3v) is 14.2. The summed E-state index contributed by atoms with van der Waals surface area (Å²) >= 11 is 0. The highest BCUT2D eigenvalue weighted by atomic mass is 16.6. The molecular formula is C59H52N4O15. The topological polar surface area (TPSA) is 251 Å². The van der Waals surface area contributed by atoms with E-state index in [1.807, 2.05) is 24.3 Å². The van der Waals surface area contributed by atoms with E-state index in [1.165, 1.54) is 42.5 Å². The van der Waals surface area contributed by atoms with Gasteiger partial charge in [0.05, 0.1) is 55.5 Å². The van der Waals surface area contributed by atoms with E-state index in [0.29, 0.717) is 33.6 Å². The smallest absolute Gasteiger partial charge is 0.421 e. The first-order chi connectivity index (χ1) is 37.8. The lowest BCUT2D eigenvalue weighted by Gasteiger charge is -2.46. The number of anilines is 1. The number of non-ortho nitro benzene ring substituents is 1. The first-order valence-electron chi connectivity index (χ1n) is 24.8. The maximum atomic E-state index is 16.7. The molecule has 7 atom stereocenters. The average molecular weight is 1060 g/mol. The maximum absolute atomic E-state index is 16.7. The molecule has 3 aliphatic rings. The summed E-state index contributed by atoms with van der Waals surface area (Å²) in [7, 11) is 2.23. The first kappa shape index (κ1) is 53.6. The van der Waals surface area contributed by atoms with Crippen LogP contribution in [0.2, 0.25) is 0 Å². The Balaban J connectivity index is 1.30. The number of nitrogens with one attached hydrogen (secondary N) is 1. The van der Waals surface area contributed by atoms with Gasteiger partial charge in [0, 0.05) is 30.7 Å². The van der Waals surface area contributed by atoms with Gasteiger partial charge in [0.2, 0.25) is 11.8 Å². The molecule has 0 aliphatic carbocycles. The van der Waals surface area contributed by atoms with Crippen molar-refractivity contribution in [3.8, 4) is 17.6 Å². The minimum atomic E-state index is -2.31. The summed E-state index contributed by atoms with van der Waals surface area (Å²) in [6, 6.07) is 39.0. The molecule has 0 bridgehead atoms. The van der Waals surface area contributed by atoms with Crippen molar-refractivity contribution in [3.05, 3.63) is 207 Å². The molecule has 0 aromatic heterocycles. The Bertz CT molecular complexity index is 3260. The second-order valence-electron chi connectivity index (χ2n) is 18.5. The van der Waals surface area contributed by atoms with E-state index in [-0.39, 0.29) is 48.7 Å². The molecule has 9 rings (SSSR count). The van der Waals surface area contributed by atoms with Crippen molar-refractivity contribution in [2.45, 2.75) is 48.8 Å². The number of esters is 3. The molecule has 6 aromatic rings. The van der Waals surface area contributed by atoms with Crippen LogP contribution in [0.15, 0.2) is 158 Å². The number of hydrogen-bond donors (Lipinski definition) is 3. The van der Waals surface area contributed by atoms with Gasteiger partial charge in [0.25, 0.3) is 5.69 Å². The number of nitrogens with zero attached hydrogens (tertiary/aromatic N) is 3. The third-order valence-electron chi connectivity index (χ3n) is 14.2. The molecule has 3 heterocycles. The molecule has 19 nitrogen and oxygen atoms in total. The van der Waals surface area contributed by atoms with Crippen molar-refractivity contribution < 1.29 is 67.6 Å². The molecule has 2 fully saturated rings. The Labute approximate surface area is 447 Å². The standard InChI is InChI=1S/C59H52N4O15/c1-74-54(67)44(55(68)75-2)20-12-13-36-23-30-46-45(33-36)59(57(70)61(46)58(71)77-35-37-21-26-42(27-22-37)63(72)73)48(53(66)60-34-47(65)38-14-6-3-7-15-38)50-56(69)78-51(40-18-10-5-11-19-40)49(39-16-8-4-9-17-39)62(50)52(59)41-24-28-43(29-25-41)76-32-31-64/h3-11,14-19,21-30,33,44,47-52,64-65H,20,31-32,34-35H2,1-2H3,(H,60,66)/t47-,48-,49-,50-,51+,52+,59-/m0/s1. The second kappa shape index (κ2) is 23.3. The van der Waals surface area contributed by atoms with Crippen LogP contribution in [-0.4, -0.2) is 95.9 Å². The summed E-state index contributed by atoms with van der Waals surface area (Å²) in [6.45, 7) is -1.18. The van der Waals surface area contributed by atoms with E-state index in [4.69, 9.17) is 23.7 Å². The monoisotopic (exact) mass is 1060 g/mol. The molecule has 3 amide bonds. The van der Waals surface area contributed by atoms with E-state index in [9.17, 15) is 34.7 Å². The maximum Gasteiger partial charge on any atom is 0.421 e. The van der Waals surface area contributed by atoms with E-state index < -0.39 is 94.9 Å². The van der Waals surface area contributed by atoms with Gasteiger partial charge in [-0.3, -0.25) is 39.0 Å². The summed E-state index contributed by atoms with van der Waals surface area (Å²) in [6.07, 6.45) is -3.87. The number of cyclic esters (lactones) is 1. The van der Waals surface area contributed by atoms with E-state index in [2.05, 4.69) is 17.2 Å². The number of imide groups is 1. The molecule has 0 radical (unpaired) electrons. The van der Waals surface area contributed by atoms with Crippen LogP contribution in [0, 0.1) is 33.8 Å². The van der Waals surface area contributed by atoms with Gasteiger partial charge in [-0.05, 0) is 75.8 Å². The molecule has 0 saturated carbocycles. The van der Waals surface area contributed by atoms with Crippen molar-refractivity contribution in [1.29, 1.82) is 0 Å². The van der Waals surface area contributed by atoms with Gasteiger partial charge in [-0.15, -0.1) is 0 Å². The van der Waals surface area contributed by atoms with Gasteiger partial charge in [0.15, 0.2) is 5.92 Å². The van der Waals surface area contributed by atoms with Gasteiger partial charge < -0.3 is 39.2 Å². The molecular weight excluding hydrogens is 1000 g/mol. The number of methoxy groups -OCH3 is 2. The third kappa shape index (κ3) is 10.3. The van der Waals surface area contributed by atoms with Gasteiger partial charge in [-0.2, -0.15) is 0 Å². The first-order valence-corrected chi connectivity index (χ1v) is 24.8. The van der Waals surface area contributed by atoms with Gasteiger partial charge >= 0.3 is 24.0 Å². The number of hydrogen-bond acceptors (Lipinski definition) is 16. The fourth-order valence-electron chi connectivity index (χ4n) is 10.7. The lowest BCUT2D eigenvalue weighted by Crippen LogP contribution is -2.56. The molecule has 398 valence electrons. The fourth-order valence-corrected chi connectivity index (χ4v) is 10.7. The number of fused-ring (bicyclic) bond motifs is 3. The van der Waals surface area contributed by atoms with Crippen LogP contribution in [0.25, 0.3) is 0 Å². The number of carbonyl (C=O) groups is 6. The zero-order valence-electron chi connectivity index (χ0n) is 42.1. The van der Waals surface area contributed by atoms with Crippen LogP contribution in [0.4, 0.5) is 16.2 Å². The van der Waals surface area contributed by atoms with Gasteiger partial charge in [0.1, 0.15) is 36.5 Å². The minimum Gasteiger partial charge on any atom is -0.491 e. The quantitative estimate of drug-likeness (QED) is 0.0233. The lowest BCUT2D eigenvalue weighted by molar-refractivity contribution is -0.384. The van der Waals surface area contributed by atoms with Crippen LogP contribution in [0.1, 0.15) is 69.7 Å². The van der Waals surface area contributed by atoms with Gasteiger partial charge in [-0.1, -0.05) is 115 Å². The highest BCUT2D eigenvalue weighted by Crippen LogP contribution is 2.66. The lowest BCUT2D eigenvalue weighted by atomic mass is 9.65. The average Bonchev–Trinajstić information content (AvgIpc) is 2.48. The zero-order valence-corrected chi connectivity index (χ0v) is 42.1. The molecule has 78 heavy (non-hydrogen) atoms. The number of morpholine rings is 1. The van der Waals surface area contributed by atoms with Crippen LogP contribution < -0.4 is 15.0 Å². The highest BCUT2D eigenvalue weighted by Gasteiger charge is 2.75. The van der Waals surface area contributed by atoms with E-state index in [0.717, 1.165) is 19.1 Å². The molecule has 19 heteroatoms. The molecule has 0 unspecified atom stereocenters. The SMILES string of the molecule is COC(=O)C(CC#Cc1ccc2c(c1)[C@]1(C(=O)N2C(=O)OCc2ccc([N+](=O)[O-])cc2)[C@H](C(=O)NC[C@H](O)c2ccccc2)[C@H]2C(=O)O[C@H](c3ccccc3)[C@H](c3ccccc3)N2[C@@H]1c1ccc(OCCO)cc1)C(=O)OC. The minimum absolute atomic E-state index is 0.0451. The van der Waals surface area contributed by atoms with E-state index >= 15 is 14.4 Å². The number of aliphatic hydroxyl groups is 2. The molecule has 3 aliphatic heterocycles. The number of rotatable bonds is 16. The van der Waals surface area contributed by atoms with Gasteiger partial charge in [-0.25, -0.2) is 9.69 Å². The number of nitro benzene ring substituents is 1. The number of ether oxygens (including phenoxy) is 5. The fraction of sp³-hybridized carbons (Fsp3) is 0.254. The Morgan fingerprint density at radius 1 is 0.795 bits per heavy atom. The summed E-state index contributed by atoms with van der Waals surface area (Å²) in [4.78, 5) is 102. The van der Waals surface area contributed by atoms with Crippen molar-refractivity contribution in [3.63, 3.8) is 0 Å². The van der Waals surface area contributed by atoms with Crippen LogP contribution in [0.3, 0.4) is 0 Å². The Morgan fingerprint density at radius 3 is 2.04 bits per heavy atom. The number of benzene rings is 6. The summed E-state index contributed by atoms with van der Waals surface area (Å²) in [5.41, 5.74) is 0.0469. The van der Waals surface area contributed by atoms with Crippen molar-refractivity contribution in [2.75, 3.05) is 38.9 Å². The van der Waals surface area contributed by atoms with E-state index in [1.54, 1.807) is 95.9 Å². The largest absolute Gasteiger partial charge is 0.491 e. The molecule has 1 spiro atoms. The van der Waals surface area contributed by atoms with Crippen molar-refractivity contribution in [2.24, 2.45) is 11.8 Å². The summed E-state index contributed by atoms with van der Waals surface area (Å²) < 4.78 is 27.9. The number of carbonyl (C=O) groups excluding carboxylic acids is 6. The Kier molecular flexibility index (Phi) is 16.0. The summed E-state index contributed by atoms with van der Waals surface area (Å²) in [5.74, 6) is -1.58. The second-order valence-corrected chi connectivity index (χ2v) is 18.5. The van der Waals surface area contributed by atoms with Crippen LogP contribution >= 0.6 is 0 Å².